The van der Waals surface area contributed by atoms with Crippen molar-refractivity contribution in [3.05, 3.63) is 62.5 Å². The fourth-order valence-corrected chi connectivity index (χ4v) is 2.50. The van der Waals surface area contributed by atoms with E-state index in [1.165, 1.54) is 0 Å². The molecule has 0 saturated heterocycles. The van der Waals surface area contributed by atoms with E-state index < -0.39 is 0 Å². The van der Waals surface area contributed by atoms with E-state index in [2.05, 4.69) is 42.2 Å². The normalized spacial score (nSPS) is 12.4. The maximum absolute atomic E-state index is 13.7. The molecule has 1 aromatic carbocycles. The van der Waals surface area contributed by atoms with E-state index in [0.717, 1.165) is 28.7 Å². The molecule has 106 valence electrons. The summed E-state index contributed by atoms with van der Waals surface area (Å²) in [5.74, 6) is -0.242. The highest BCUT2D eigenvalue weighted by Gasteiger charge is 2.13. The van der Waals surface area contributed by atoms with Gasteiger partial charge in [-0.2, -0.15) is 0 Å². The SMILES string of the molecule is CCNC(Cc1ccc(Br)cn1)c1ccc(Br)c(F)c1. The van der Waals surface area contributed by atoms with Gasteiger partial charge in [-0.05, 0) is 68.2 Å². The van der Waals surface area contributed by atoms with Gasteiger partial charge in [0, 0.05) is 28.8 Å². The zero-order chi connectivity index (χ0) is 14.5. The van der Waals surface area contributed by atoms with Crippen molar-refractivity contribution in [2.75, 3.05) is 6.54 Å². The van der Waals surface area contributed by atoms with Crippen molar-refractivity contribution >= 4 is 31.9 Å². The Balaban J connectivity index is 2.21. The number of hydrogen-bond acceptors (Lipinski definition) is 2. The van der Waals surface area contributed by atoms with Crippen LogP contribution in [-0.4, -0.2) is 11.5 Å². The third kappa shape index (κ3) is 4.11. The number of rotatable bonds is 5. The van der Waals surface area contributed by atoms with Gasteiger partial charge in [0.15, 0.2) is 0 Å². The number of nitrogens with zero attached hydrogens (tertiary/aromatic N) is 1. The van der Waals surface area contributed by atoms with Crippen LogP contribution in [0.15, 0.2) is 45.5 Å². The molecule has 2 rings (SSSR count). The van der Waals surface area contributed by atoms with Crippen LogP contribution in [0.25, 0.3) is 0 Å². The zero-order valence-corrected chi connectivity index (χ0v) is 14.2. The summed E-state index contributed by atoms with van der Waals surface area (Å²) >= 11 is 6.55. The van der Waals surface area contributed by atoms with Crippen molar-refractivity contribution in [1.82, 2.24) is 10.3 Å². The molecule has 0 aliphatic heterocycles. The first-order chi connectivity index (χ1) is 9.60. The largest absolute Gasteiger partial charge is 0.310 e. The predicted octanol–water partition coefficient (Wildman–Crippen LogP) is 4.64. The topological polar surface area (TPSA) is 24.9 Å². The summed E-state index contributed by atoms with van der Waals surface area (Å²) in [7, 11) is 0. The minimum atomic E-state index is -0.242. The van der Waals surface area contributed by atoms with Crippen LogP contribution in [0.3, 0.4) is 0 Å². The number of halogens is 3. The van der Waals surface area contributed by atoms with E-state index in [4.69, 9.17) is 0 Å². The van der Waals surface area contributed by atoms with Gasteiger partial charge in [0.25, 0.3) is 0 Å². The van der Waals surface area contributed by atoms with Gasteiger partial charge < -0.3 is 5.32 Å². The first kappa shape index (κ1) is 15.6. The van der Waals surface area contributed by atoms with Crippen LogP contribution >= 0.6 is 31.9 Å². The third-order valence-corrected chi connectivity index (χ3v) is 4.11. The zero-order valence-electron chi connectivity index (χ0n) is 11.0. The Labute approximate surface area is 135 Å². The molecule has 1 heterocycles. The number of nitrogens with one attached hydrogen (secondary N) is 1. The van der Waals surface area contributed by atoms with E-state index in [1.807, 2.05) is 25.1 Å². The van der Waals surface area contributed by atoms with Crippen molar-refractivity contribution in [2.24, 2.45) is 0 Å². The van der Waals surface area contributed by atoms with Gasteiger partial charge in [-0.3, -0.25) is 4.98 Å². The van der Waals surface area contributed by atoms with Gasteiger partial charge in [-0.1, -0.05) is 13.0 Å². The maximum atomic E-state index is 13.7. The second kappa shape index (κ2) is 7.29. The molecule has 1 atom stereocenters. The van der Waals surface area contributed by atoms with Crippen LogP contribution in [-0.2, 0) is 6.42 Å². The molecule has 5 heteroatoms. The smallest absolute Gasteiger partial charge is 0.137 e. The number of aromatic nitrogens is 1. The molecule has 2 aromatic rings. The van der Waals surface area contributed by atoms with Gasteiger partial charge in [-0.25, -0.2) is 4.39 Å². The van der Waals surface area contributed by atoms with E-state index in [1.54, 1.807) is 18.3 Å². The van der Waals surface area contributed by atoms with E-state index in [-0.39, 0.29) is 11.9 Å². The summed E-state index contributed by atoms with van der Waals surface area (Å²) in [4.78, 5) is 4.38. The van der Waals surface area contributed by atoms with Gasteiger partial charge >= 0.3 is 0 Å². The molecule has 1 unspecified atom stereocenters. The van der Waals surface area contributed by atoms with Crippen LogP contribution < -0.4 is 5.32 Å². The molecule has 20 heavy (non-hydrogen) atoms. The molecule has 0 aliphatic carbocycles. The minimum Gasteiger partial charge on any atom is -0.310 e. The highest BCUT2D eigenvalue weighted by molar-refractivity contribution is 9.10. The quantitative estimate of drug-likeness (QED) is 0.789. The van der Waals surface area contributed by atoms with Crippen LogP contribution in [0.2, 0.25) is 0 Å². The van der Waals surface area contributed by atoms with Gasteiger partial charge in [0.05, 0.1) is 4.47 Å². The summed E-state index contributed by atoms with van der Waals surface area (Å²) in [5, 5.41) is 3.37. The Morgan fingerprint density at radius 3 is 2.65 bits per heavy atom. The van der Waals surface area contributed by atoms with Crippen molar-refractivity contribution in [1.29, 1.82) is 0 Å². The lowest BCUT2D eigenvalue weighted by molar-refractivity contribution is 0.536. The third-order valence-electron chi connectivity index (χ3n) is 3.00. The summed E-state index contributed by atoms with van der Waals surface area (Å²) in [6, 6.07) is 9.23. The van der Waals surface area contributed by atoms with Crippen LogP contribution in [0.5, 0.6) is 0 Å². The van der Waals surface area contributed by atoms with Gasteiger partial charge in [0.1, 0.15) is 5.82 Å². The Hall–Kier alpha value is -0.780. The number of likely N-dealkylation sites (N-methyl/N-ethyl adjacent to an activating group) is 1. The van der Waals surface area contributed by atoms with E-state index in [0.29, 0.717) is 4.47 Å². The highest BCUT2D eigenvalue weighted by Crippen LogP contribution is 2.23. The van der Waals surface area contributed by atoms with Gasteiger partial charge in [-0.15, -0.1) is 0 Å². The first-order valence-corrected chi connectivity index (χ1v) is 7.97. The van der Waals surface area contributed by atoms with Crippen molar-refractivity contribution in [3.8, 4) is 0 Å². The fraction of sp³-hybridized carbons (Fsp3) is 0.267. The predicted molar refractivity (Wildman–Crippen MR) is 86.2 cm³/mol. The first-order valence-electron chi connectivity index (χ1n) is 6.39. The molecular formula is C15H15Br2FN2. The van der Waals surface area contributed by atoms with Gasteiger partial charge in [0.2, 0.25) is 0 Å². The summed E-state index contributed by atoms with van der Waals surface area (Å²) in [5.41, 5.74) is 1.90. The molecular weight excluding hydrogens is 387 g/mol. The molecule has 0 radical (unpaired) electrons. The standard InChI is InChI=1S/C15H15Br2FN2/c1-2-19-15(8-12-5-4-11(16)9-20-12)10-3-6-13(17)14(18)7-10/h3-7,9,15,19H,2,8H2,1H3. The minimum absolute atomic E-state index is 0.0521. The molecule has 0 fully saturated rings. The molecule has 1 aromatic heterocycles. The van der Waals surface area contributed by atoms with Crippen LogP contribution in [0, 0.1) is 5.82 Å². The molecule has 0 aliphatic rings. The van der Waals surface area contributed by atoms with Crippen molar-refractivity contribution in [3.63, 3.8) is 0 Å². The number of pyridine rings is 1. The fourth-order valence-electron chi connectivity index (χ4n) is 2.02. The Morgan fingerprint density at radius 1 is 1.25 bits per heavy atom. The molecule has 0 spiro atoms. The molecule has 2 nitrogen and oxygen atoms in total. The second-order valence-corrected chi connectivity index (χ2v) is 6.23. The number of hydrogen-bond donors (Lipinski definition) is 1. The van der Waals surface area contributed by atoms with E-state index >= 15 is 0 Å². The van der Waals surface area contributed by atoms with Crippen molar-refractivity contribution in [2.45, 2.75) is 19.4 Å². The summed E-state index contributed by atoms with van der Waals surface area (Å²) in [6.07, 6.45) is 2.50. The average Bonchev–Trinajstić information content (AvgIpc) is 2.44. The lowest BCUT2D eigenvalue weighted by atomic mass is 10.0. The summed E-state index contributed by atoms with van der Waals surface area (Å²) < 4.78 is 15.1. The maximum Gasteiger partial charge on any atom is 0.137 e. The van der Waals surface area contributed by atoms with E-state index in [9.17, 15) is 4.39 Å². The second-order valence-electron chi connectivity index (χ2n) is 4.46. The average molecular weight is 402 g/mol. The molecule has 0 bridgehead atoms. The molecule has 0 amide bonds. The summed E-state index contributed by atoms with van der Waals surface area (Å²) in [6.45, 7) is 2.86. The molecule has 1 N–H and O–H groups in total. The lowest BCUT2D eigenvalue weighted by Gasteiger charge is -2.18. The van der Waals surface area contributed by atoms with Crippen LogP contribution in [0.4, 0.5) is 4.39 Å². The highest BCUT2D eigenvalue weighted by atomic mass is 79.9. The molecule has 0 saturated carbocycles. The monoisotopic (exact) mass is 400 g/mol. The Kier molecular flexibility index (Phi) is 5.69. The Bertz CT molecular complexity index is 573. The van der Waals surface area contributed by atoms with Crippen LogP contribution in [0.1, 0.15) is 24.2 Å². The number of benzene rings is 1. The van der Waals surface area contributed by atoms with Crippen molar-refractivity contribution < 1.29 is 4.39 Å². The lowest BCUT2D eigenvalue weighted by Crippen LogP contribution is -2.23. The Morgan fingerprint density at radius 2 is 2.05 bits per heavy atom.